The summed E-state index contributed by atoms with van der Waals surface area (Å²) >= 11 is 0. The molecule has 1 heterocycles. The molecule has 1 fully saturated rings. The van der Waals surface area contributed by atoms with Gasteiger partial charge in [0.15, 0.2) is 5.78 Å². The highest BCUT2D eigenvalue weighted by molar-refractivity contribution is 6.03. The second kappa shape index (κ2) is 4.80. The third-order valence-electron chi connectivity index (χ3n) is 3.33. The third kappa shape index (κ3) is 2.12. The van der Waals surface area contributed by atoms with E-state index in [1.807, 2.05) is 0 Å². The average molecular weight is 292 g/mol. The highest BCUT2D eigenvalue weighted by Crippen LogP contribution is 2.24. The van der Waals surface area contributed by atoms with Crippen molar-refractivity contribution in [2.24, 2.45) is 0 Å². The van der Waals surface area contributed by atoms with Gasteiger partial charge in [-0.3, -0.25) is 19.0 Å². The highest BCUT2D eigenvalue weighted by Gasteiger charge is 2.30. The number of fused-ring (bicyclic) bond motifs is 1. The normalized spacial score (nSPS) is 27.0. The molecule has 21 heavy (non-hydrogen) atoms. The van der Waals surface area contributed by atoms with Gasteiger partial charge in [-0.2, -0.15) is 0 Å². The smallest absolute Gasteiger partial charge is 0.264 e. The monoisotopic (exact) mass is 292 g/mol. The Hall–Kier alpha value is -2.50. The van der Waals surface area contributed by atoms with E-state index in [0.717, 1.165) is 6.07 Å². The fourth-order valence-electron chi connectivity index (χ4n) is 2.33. The van der Waals surface area contributed by atoms with Gasteiger partial charge in [-0.15, -0.1) is 0 Å². The zero-order valence-corrected chi connectivity index (χ0v) is 10.8. The maximum atomic E-state index is 13.1. The van der Waals surface area contributed by atoms with Crippen molar-refractivity contribution in [2.45, 2.75) is 32.1 Å². The van der Waals surface area contributed by atoms with Gasteiger partial charge in [0.2, 0.25) is 0 Å². The Morgan fingerprint density at radius 3 is 3.10 bits per heavy atom. The number of nitrogens with zero attached hydrogens (tertiary/aromatic N) is 2. The molecule has 0 saturated heterocycles. The van der Waals surface area contributed by atoms with Gasteiger partial charge in [0, 0.05) is 18.9 Å². The van der Waals surface area contributed by atoms with E-state index in [-0.39, 0.29) is 22.6 Å². The minimum Gasteiger partial charge on any atom is -0.398 e. The maximum absolute atomic E-state index is 13.1. The van der Waals surface area contributed by atoms with Crippen molar-refractivity contribution in [2.75, 3.05) is 5.73 Å². The zero-order chi connectivity index (χ0) is 21.2. The van der Waals surface area contributed by atoms with Crippen molar-refractivity contribution in [1.29, 1.82) is 0 Å². The first-order valence-electron chi connectivity index (χ1n) is 9.64. The summed E-state index contributed by atoms with van der Waals surface area (Å²) in [7, 11) is 0. The van der Waals surface area contributed by atoms with Crippen LogP contribution in [0.3, 0.4) is 0 Å². The van der Waals surface area contributed by atoms with Gasteiger partial charge in [0.1, 0.15) is 11.6 Å². The summed E-state index contributed by atoms with van der Waals surface area (Å²) in [6, 6.07) is -1.38. The van der Waals surface area contributed by atoms with Crippen LogP contribution in [-0.2, 0) is 9.59 Å². The molecule has 3 rings (SSSR count). The molecule has 1 atom stereocenters. The van der Waals surface area contributed by atoms with Gasteiger partial charge in [-0.1, -0.05) is 6.04 Å². The molecule has 0 amide bonds. The summed E-state index contributed by atoms with van der Waals surface area (Å²) in [5.41, 5.74) is 4.14. The van der Waals surface area contributed by atoms with Crippen LogP contribution in [0.5, 0.6) is 0 Å². The third-order valence-corrected chi connectivity index (χ3v) is 3.33. The van der Waals surface area contributed by atoms with Crippen molar-refractivity contribution in [1.82, 2.24) is 9.55 Å². The minimum atomic E-state index is -2.99. The van der Waals surface area contributed by atoms with Crippen molar-refractivity contribution in [3.63, 3.8) is 0 Å². The molecule has 1 aliphatic carbocycles. The van der Waals surface area contributed by atoms with Crippen LogP contribution in [-0.4, -0.2) is 21.1 Å². The molecule has 0 spiro atoms. The van der Waals surface area contributed by atoms with E-state index in [4.69, 9.17) is 15.3 Å². The molecular formula is C15H15N3O3. The van der Waals surface area contributed by atoms with Gasteiger partial charge in [-0.25, -0.2) is 4.98 Å². The van der Waals surface area contributed by atoms with E-state index in [2.05, 4.69) is 4.98 Å². The maximum Gasteiger partial charge on any atom is 0.264 e. The molecule has 0 radical (unpaired) electrons. The molecule has 1 aromatic carbocycles. The van der Waals surface area contributed by atoms with Gasteiger partial charge in [0.05, 0.1) is 26.1 Å². The van der Waals surface area contributed by atoms with Crippen molar-refractivity contribution < 1.29 is 19.2 Å². The van der Waals surface area contributed by atoms with E-state index in [0.29, 0.717) is 4.57 Å². The number of rotatable bonds is 1. The molecular weight excluding hydrogens is 270 g/mol. The molecule has 2 aromatic rings. The minimum absolute atomic E-state index is 0.221. The Labute approximate surface area is 130 Å². The first-order valence-corrected chi connectivity index (χ1v) is 6.14. The van der Waals surface area contributed by atoms with Crippen molar-refractivity contribution in [3.8, 4) is 0 Å². The first kappa shape index (κ1) is 7.49. The largest absolute Gasteiger partial charge is 0.398 e. The topological polar surface area (TPSA) is 95.0 Å². The number of nitrogens with two attached hydrogens (primary N) is 1. The lowest BCUT2D eigenvalue weighted by Gasteiger charge is -2.24. The SMILES string of the molecule is [2H]c1cc(N)c2c(=O)n(C3CC([2H])([2H])C(=O)CC3=O)c(C([2H])([2H])[2H])nc2c1[2H]. The fraction of sp³-hybridized carbons (Fsp3) is 0.333. The molecule has 6 heteroatoms. The molecule has 1 aliphatic rings. The van der Waals surface area contributed by atoms with Gasteiger partial charge in [-0.05, 0) is 25.4 Å². The molecule has 1 aromatic heterocycles. The zero-order valence-electron chi connectivity index (χ0n) is 17.8. The summed E-state index contributed by atoms with van der Waals surface area (Å²) in [6.07, 6.45) is -3.92. The number of carbonyl (C=O) groups excluding carboxylic acids is 2. The predicted molar refractivity (Wildman–Crippen MR) is 78.1 cm³/mol. The lowest BCUT2D eigenvalue weighted by molar-refractivity contribution is -0.132. The Morgan fingerprint density at radius 1 is 1.52 bits per heavy atom. The number of anilines is 1. The second-order valence-electron chi connectivity index (χ2n) is 4.67. The summed E-state index contributed by atoms with van der Waals surface area (Å²) in [5.74, 6) is -2.58. The standard InChI is InChI=1S/C15H15N3O3/c1-8-17-11-4-2-3-10(16)14(11)15(21)18(8)12-6-5-9(19)7-13(12)20/h2-4,12H,5-7,16H2,1H3/i1D3,2D,4D,5D2. The van der Waals surface area contributed by atoms with Crippen LogP contribution < -0.4 is 11.3 Å². The van der Waals surface area contributed by atoms with E-state index in [1.54, 1.807) is 0 Å². The van der Waals surface area contributed by atoms with E-state index in [9.17, 15) is 14.4 Å². The van der Waals surface area contributed by atoms with Crippen LogP contribution in [0.1, 0.15) is 40.7 Å². The molecule has 2 N–H and O–H groups in total. The number of carbonyl (C=O) groups is 2. The Morgan fingerprint density at radius 2 is 2.33 bits per heavy atom. The Balaban J connectivity index is 2.42. The van der Waals surface area contributed by atoms with Crippen LogP contribution >= 0.6 is 0 Å². The van der Waals surface area contributed by atoms with Crippen molar-refractivity contribution >= 4 is 28.2 Å². The molecule has 0 bridgehead atoms. The van der Waals surface area contributed by atoms with Crippen LogP contribution in [0, 0.1) is 6.85 Å². The Bertz CT molecular complexity index is 1090. The van der Waals surface area contributed by atoms with E-state index >= 15 is 0 Å². The van der Waals surface area contributed by atoms with E-state index < -0.39 is 61.1 Å². The average Bonchev–Trinajstić information content (AvgIpc) is 2.55. The summed E-state index contributed by atoms with van der Waals surface area (Å²) in [5, 5.41) is -0.334. The highest BCUT2D eigenvalue weighted by atomic mass is 16.2. The summed E-state index contributed by atoms with van der Waals surface area (Å²) < 4.78 is 54.8. The quantitative estimate of drug-likeness (QED) is 0.628. The van der Waals surface area contributed by atoms with Crippen molar-refractivity contribution in [3.05, 3.63) is 34.3 Å². The number of ketones is 2. The van der Waals surface area contributed by atoms with Crippen LogP contribution in [0.2, 0.25) is 0 Å². The number of nitrogen functional groups attached to an aromatic ring is 1. The number of hydrogen-bond acceptors (Lipinski definition) is 5. The summed E-state index contributed by atoms with van der Waals surface area (Å²) in [4.78, 5) is 41.1. The van der Waals surface area contributed by atoms with Crippen LogP contribution in [0.4, 0.5) is 5.69 Å². The summed E-state index contributed by atoms with van der Waals surface area (Å²) in [6.45, 7) is -2.99. The van der Waals surface area contributed by atoms with E-state index in [1.165, 1.54) is 0 Å². The molecule has 6 nitrogen and oxygen atoms in total. The number of hydrogen-bond donors (Lipinski definition) is 1. The second-order valence-corrected chi connectivity index (χ2v) is 4.67. The number of aryl methyl sites for hydroxylation is 1. The van der Waals surface area contributed by atoms with Crippen LogP contribution in [0.25, 0.3) is 10.9 Å². The molecule has 0 aliphatic heterocycles. The fourth-order valence-corrected chi connectivity index (χ4v) is 2.33. The Kier molecular flexibility index (Phi) is 1.71. The number of Topliss-reactive ketones (excluding diaryl/α,β-unsaturated/α-hetero) is 2. The van der Waals surface area contributed by atoms with Gasteiger partial charge < -0.3 is 5.73 Å². The van der Waals surface area contributed by atoms with Gasteiger partial charge >= 0.3 is 0 Å². The van der Waals surface area contributed by atoms with Gasteiger partial charge in [0.25, 0.3) is 5.56 Å². The predicted octanol–water partition coefficient (Wildman–Crippen LogP) is 1.15. The number of aromatic nitrogens is 2. The lowest BCUT2D eigenvalue weighted by Crippen LogP contribution is -2.36. The molecule has 1 unspecified atom stereocenters. The van der Waals surface area contributed by atoms with Crippen LogP contribution in [0.15, 0.2) is 22.9 Å². The molecule has 108 valence electrons. The first-order chi connectivity index (χ1) is 12.8. The molecule has 1 saturated carbocycles. The lowest BCUT2D eigenvalue weighted by atomic mass is 9.92. The number of benzene rings is 1.